The molecule has 0 aromatic rings. The number of rotatable bonds is 63. The van der Waals surface area contributed by atoms with Gasteiger partial charge in [-0.15, -0.1) is 0 Å². The minimum atomic E-state index is -0.668. The van der Waals surface area contributed by atoms with Gasteiger partial charge in [0.25, 0.3) is 0 Å². The summed E-state index contributed by atoms with van der Waals surface area (Å²) >= 11 is 0. The summed E-state index contributed by atoms with van der Waals surface area (Å²) in [6.45, 7) is 4.99. The lowest BCUT2D eigenvalue weighted by atomic mass is 10.0. The van der Waals surface area contributed by atoms with Crippen LogP contribution in [0, 0.1) is 0 Å². The van der Waals surface area contributed by atoms with E-state index in [1.165, 1.54) is 308 Å². The zero-order valence-corrected chi connectivity index (χ0v) is 49.6. The third-order valence-electron chi connectivity index (χ3n) is 15.8. The highest BCUT2D eigenvalue weighted by molar-refractivity contribution is 5.76. The fraction of sp³-hybridized carbons (Fsp3) is 0.940. The van der Waals surface area contributed by atoms with E-state index in [0.29, 0.717) is 25.9 Å². The number of esters is 1. The molecule has 0 aliphatic carbocycles. The lowest BCUT2D eigenvalue weighted by Gasteiger charge is -2.22. The van der Waals surface area contributed by atoms with Crippen molar-refractivity contribution >= 4 is 11.9 Å². The molecule has 0 bridgehead atoms. The number of allylic oxidation sites excluding steroid dienone is 2. The molecule has 0 aliphatic rings. The first-order valence-electron chi connectivity index (χ1n) is 33.4. The van der Waals surface area contributed by atoms with E-state index < -0.39 is 12.1 Å². The second kappa shape index (κ2) is 63.1. The van der Waals surface area contributed by atoms with Crippen LogP contribution in [0.25, 0.3) is 0 Å². The van der Waals surface area contributed by atoms with Crippen molar-refractivity contribution < 1.29 is 24.5 Å². The molecular formula is C67H131NO5. The molecule has 0 rings (SSSR count). The van der Waals surface area contributed by atoms with Gasteiger partial charge in [0, 0.05) is 12.8 Å². The summed E-state index contributed by atoms with van der Waals surface area (Å²) in [6.07, 6.45) is 76.7. The van der Waals surface area contributed by atoms with Crippen molar-refractivity contribution in [3.8, 4) is 0 Å². The molecule has 3 N–H and O–H groups in total. The first kappa shape index (κ1) is 71.6. The molecule has 1 amide bonds. The van der Waals surface area contributed by atoms with Crippen molar-refractivity contribution in [2.24, 2.45) is 0 Å². The highest BCUT2D eigenvalue weighted by atomic mass is 16.5. The predicted molar refractivity (Wildman–Crippen MR) is 320 cm³/mol. The number of hydrogen-bond donors (Lipinski definition) is 3. The molecular weight excluding hydrogens is 899 g/mol. The van der Waals surface area contributed by atoms with Crippen LogP contribution in [-0.4, -0.2) is 47.4 Å². The average molecular weight is 1030 g/mol. The van der Waals surface area contributed by atoms with Crippen LogP contribution in [0.2, 0.25) is 0 Å². The lowest BCUT2D eigenvalue weighted by molar-refractivity contribution is -0.143. The van der Waals surface area contributed by atoms with Crippen LogP contribution in [0.5, 0.6) is 0 Å². The standard InChI is InChI=1S/C67H131NO5/c1-3-5-7-9-11-13-15-17-18-19-20-26-29-32-36-39-43-47-51-55-59-65(70)64(63-69)68-66(71)60-56-52-48-44-40-37-33-30-27-24-22-21-23-25-28-31-34-38-42-46-50-54-58-62-73-67(72)61-57-53-49-45-41-35-16-14-12-10-8-6-4-2/h24,27,64-65,69-70H,3-23,25-26,28-63H2,1-2H3,(H,68,71)/b27-24-. The number of nitrogens with one attached hydrogen (secondary N) is 1. The third-order valence-corrected chi connectivity index (χ3v) is 15.8. The molecule has 0 saturated heterocycles. The van der Waals surface area contributed by atoms with Crippen LogP contribution in [0.15, 0.2) is 12.2 Å². The Kier molecular flexibility index (Phi) is 61.9. The Morgan fingerprint density at radius 3 is 0.973 bits per heavy atom. The monoisotopic (exact) mass is 1030 g/mol. The molecule has 0 saturated carbocycles. The summed E-state index contributed by atoms with van der Waals surface area (Å²) in [5, 5.41) is 23.4. The third kappa shape index (κ3) is 59.7. The van der Waals surface area contributed by atoms with Crippen LogP contribution in [0.3, 0.4) is 0 Å². The van der Waals surface area contributed by atoms with Crippen LogP contribution in [-0.2, 0) is 14.3 Å². The maximum Gasteiger partial charge on any atom is 0.305 e. The highest BCUT2D eigenvalue weighted by Crippen LogP contribution is 2.19. The largest absolute Gasteiger partial charge is 0.466 e. The van der Waals surface area contributed by atoms with Crippen LogP contribution < -0.4 is 5.32 Å². The molecule has 0 aromatic carbocycles. The number of carbonyl (C=O) groups is 2. The number of unbranched alkanes of at least 4 members (excludes halogenated alkanes) is 50. The normalized spacial score (nSPS) is 12.5. The first-order valence-corrected chi connectivity index (χ1v) is 33.4. The van der Waals surface area contributed by atoms with Crippen molar-refractivity contribution in [1.82, 2.24) is 5.32 Å². The Labute approximate surface area is 457 Å². The molecule has 0 aromatic heterocycles. The van der Waals surface area contributed by atoms with Gasteiger partial charge in [-0.25, -0.2) is 0 Å². The van der Waals surface area contributed by atoms with Gasteiger partial charge in [-0.05, 0) is 51.4 Å². The fourth-order valence-corrected chi connectivity index (χ4v) is 10.7. The van der Waals surface area contributed by atoms with Gasteiger partial charge in [0.05, 0.1) is 25.4 Å². The van der Waals surface area contributed by atoms with E-state index in [-0.39, 0.29) is 18.5 Å². The molecule has 0 radical (unpaired) electrons. The van der Waals surface area contributed by atoms with Gasteiger partial charge >= 0.3 is 5.97 Å². The molecule has 2 unspecified atom stereocenters. The maximum atomic E-state index is 12.5. The summed E-state index contributed by atoms with van der Waals surface area (Å²) in [7, 11) is 0. The van der Waals surface area contributed by atoms with Gasteiger partial charge in [-0.1, -0.05) is 328 Å². The second-order valence-corrected chi connectivity index (χ2v) is 23.2. The van der Waals surface area contributed by atoms with E-state index >= 15 is 0 Å². The predicted octanol–water partition coefficient (Wildman–Crippen LogP) is 21.2. The minimum absolute atomic E-state index is 0.0140. The maximum absolute atomic E-state index is 12.5. The Hall–Kier alpha value is -1.40. The molecule has 6 nitrogen and oxygen atoms in total. The molecule has 434 valence electrons. The van der Waals surface area contributed by atoms with Gasteiger partial charge in [0.1, 0.15) is 0 Å². The van der Waals surface area contributed by atoms with E-state index in [1.54, 1.807) is 0 Å². The smallest absolute Gasteiger partial charge is 0.305 e. The quantitative estimate of drug-likeness (QED) is 0.0320. The van der Waals surface area contributed by atoms with Crippen LogP contribution in [0.4, 0.5) is 0 Å². The Morgan fingerprint density at radius 1 is 0.370 bits per heavy atom. The SMILES string of the molecule is CCCCCCCCCCCCCCCCCCCCCCC(O)C(CO)NC(=O)CCCCCCCCC/C=C\CCCCCCCCCCCCCCOC(=O)CCCCCCCCCCCCCCC. The topological polar surface area (TPSA) is 95.9 Å². The summed E-state index contributed by atoms with van der Waals surface area (Å²) in [5.41, 5.74) is 0. The second-order valence-electron chi connectivity index (χ2n) is 23.2. The van der Waals surface area contributed by atoms with Crippen LogP contribution >= 0.6 is 0 Å². The molecule has 0 fully saturated rings. The van der Waals surface area contributed by atoms with Crippen molar-refractivity contribution in [2.75, 3.05) is 13.2 Å². The summed E-state index contributed by atoms with van der Waals surface area (Å²) in [6, 6.07) is -0.546. The van der Waals surface area contributed by atoms with Gasteiger partial charge < -0.3 is 20.3 Å². The van der Waals surface area contributed by atoms with E-state index in [4.69, 9.17) is 4.74 Å². The molecule has 0 heterocycles. The summed E-state index contributed by atoms with van der Waals surface area (Å²) in [4.78, 5) is 24.6. The number of hydrogen-bond acceptors (Lipinski definition) is 5. The molecule has 2 atom stereocenters. The van der Waals surface area contributed by atoms with E-state index in [2.05, 4.69) is 31.3 Å². The van der Waals surface area contributed by atoms with Gasteiger partial charge in [0.2, 0.25) is 5.91 Å². The van der Waals surface area contributed by atoms with Crippen molar-refractivity contribution in [3.05, 3.63) is 12.2 Å². The summed E-state index contributed by atoms with van der Waals surface area (Å²) < 4.78 is 5.48. The summed E-state index contributed by atoms with van der Waals surface area (Å²) in [5.74, 6) is -0.0230. The molecule has 73 heavy (non-hydrogen) atoms. The fourth-order valence-electron chi connectivity index (χ4n) is 10.7. The Bertz CT molecular complexity index is 1100. The zero-order chi connectivity index (χ0) is 52.9. The molecule has 6 heteroatoms. The van der Waals surface area contributed by atoms with E-state index in [0.717, 1.165) is 38.5 Å². The molecule has 0 spiro atoms. The first-order chi connectivity index (χ1) is 36.0. The van der Waals surface area contributed by atoms with Crippen molar-refractivity contribution in [3.63, 3.8) is 0 Å². The van der Waals surface area contributed by atoms with Crippen LogP contribution in [0.1, 0.15) is 380 Å². The number of aliphatic hydroxyl groups excluding tert-OH is 2. The number of amides is 1. The number of aliphatic hydroxyl groups is 2. The molecule has 0 aliphatic heterocycles. The van der Waals surface area contributed by atoms with Gasteiger partial charge in [-0.3, -0.25) is 9.59 Å². The van der Waals surface area contributed by atoms with E-state index in [1.807, 2.05) is 0 Å². The lowest BCUT2D eigenvalue weighted by Crippen LogP contribution is -2.45. The number of ether oxygens (including phenoxy) is 1. The van der Waals surface area contributed by atoms with Gasteiger partial charge in [0.15, 0.2) is 0 Å². The number of carbonyl (C=O) groups excluding carboxylic acids is 2. The van der Waals surface area contributed by atoms with E-state index in [9.17, 15) is 19.8 Å². The average Bonchev–Trinajstić information content (AvgIpc) is 3.39. The van der Waals surface area contributed by atoms with Crippen molar-refractivity contribution in [1.29, 1.82) is 0 Å². The van der Waals surface area contributed by atoms with Crippen molar-refractivity contribution in [2.45, 2.75) is 392 Å². The Morgan fingerprint density at radius 2 is 0.644 bits per heavy atom. The highest BCUT2D eigenvalue weighted by Gasteiger charge is 2.20. The Balaban J connectivity index is 3.40. The minimum Gasteiger partial charge on any atom is -0.466 e. The zero-order valence-electron chi connectivity index (χ0n) is 49.6. The van der Waals surface area contributed by atoms with Gasteiger partial charge in [-0.2, -0.15) is 0 Å².